The molecule has 1 aromatic carbocycles. The van der Waals surface area contributed by atoms with E-state index < -0.39 is 11.7 Å². The van der Waals surface area contributed by atoms with Crippen molar-refractivity contribution in [1.29, 1.82) is 0 Å². The molecule has 140 valence electrons. The van der Waals surface area contributed by atoms with E-state index in [1.165, 1.54) is 12.1 Å². The van der Waals surface area contributed by atoms with E-state index in [0.29, 0.717) is 17.3 Å². The summed E-state index contributed by atoms with van der Waals surface area (Å²) in [5.74, 6) is 0.790. The summed E-state index contributed by atoms with van der Waals surface area (Å²) in [6, 6.07) is 7.38. The Balaban J connectivity index is 1.81. The summed E-state index contributed by atoms with van der Waals surface area (Å²) in [6.07, 6.45) is -2.07. The molecular weight excluding hydrogens is 341 g/mol. The normalized spacial score (nSPS) is 18.8. The second-order valence-corrected chi connectivity index (χ2v) is 6.98. The number of rotatable bonds is 3. The van der Waals surface area contributed by atoms with E-state index in [9.17, 15) is 13.2 Å². The molecular formula is C19H23F3N4. The van der Waals surface area contributed by atoms with Crippen LogP contribution in [0.25, 0.3) is 11.3 Å². The van der Waals surface area contributed by atoms with Crippen LogP contribution < -0.4 is 4.90 Å². The standard InChI is InChI=1S/C19H23F3N4/c1-13-11-17(26(3)16-5-4-10-25(2)12-16)23-24-18(13)14-6-8-15(9-7-14)19(20,21)22/h6-9,11,16H,4-5,10,12H2,1-3H3. The SMILES string of the molecule is Cc1cc(N(C)C2CCCN(C)C2)nnc1-c1ccc(C(F)(F)F)cc1. The number of anilines is 1. The summed E-state index contributed by atoms with van der Waals surface area (Å²) in [5.41, 5.74) is 1.47. The Morgan fingerprint density at radius 2 is 1.85 bits per heavy atom. The molecule has 0 amide bonds. The highest BCUT2D eigenvalue weighted by atomic mass is 19.4. The minimum absolute atomic E-state index is 0.388. The average Bonchev–Trinajstić information content (AvgIpc) is 2.60. The molecule has 2 aromatic rings. The van der Waals surface area contributed by atoms with Crippen LogP contribution in [0.2, 0.25) is 0 Å². The van der Waals surface area contributed by atoms with E-state index in [-0.39, 0.29) is 0 Å². The molecule has 0 spiro atoms. The van der Waals surface area contributed by atoms with Gasteiger partial charge in [-0.05, 0) is 57.1 Å². The first kappa shape index (κ1) is 18.6. The monoisotopic (exact) mass is 364 g/mol. The number of benzene rings is 1. The van der Waals surface area contributed by atoms with Crippen molar-refractivity contribution < 1.29 is 13.2 Å². The molecule has 0 saturated carbocycles. The number of aryl methyl sites for hydroxylation is 1. The number of aromatic nitrogens is 2. The van der Waals surface area contributed by atoms with Gasteiger partial charge in [0.15, 0.2) is 5.82 Å². The predicted octanol–water partition coefficient (Wildman–Crippen LogP) is 4.00. The summed E-state index contributed by atoms with van der Waals surface area (Å²) < 4.78 is 38.1. The number of piperidine rings is 1. The molecule has 2 heterocycles. The summed E-state index contributed by atoms with van der Waals surface area (Å²) in [5, 5.41) is 8.61. The lowest BCUT2D eigenvalue weighted by atomic mass is 10.0. The van der Waals surface area contributed by atoms with Gasteiger partial charge in [0, 0.05) is 25.2 Å². The topological polar surface area (TPSA) is 32.3 Å². The maximum Gasteiger partial charge on any atom is 0.416 e. The van der Waals surface area contributed by atoms with Crippen molar-refractivity contribution in [3.05, 3.63) is 41.5 Å². The van der Waals surface area contributed by atoms with Gasteiger partial charge in [0.05, 0.1) is 11.3 Å². The van der Waals surface area contributed by atoms with Crippen LogP contribution in [0.5, 0.6) is 0 Å². The molecule has 0 N–H and O–H groups in total. The van der Waals surface area contributed by atoms with Crippen LogP contribution in [0.15, 0.2) is 30.3 Å². The van der Waals surface area contributed by atoms with Gasteiger partial charge in [-0.25, -0.2) is 0 Å². The zero-order valence-corrected chi connectivity index (χ0v) is 15.2. The van der Waals surface area contributed by atoms with Crippen LogP contribution in [0.1, 0.15) is 24.0 Å². The molecule has 0 aliphatic carbocycles. The van der Waals surface area contributed by atoms with Gasteiger partial charge in [-0.15, -0.1) is 10.2 Å². The second kappa shape index (κ2) is 7.23. The van der Waals surface area contributed by atoms with Gasteiger partial charge in [-0.1, -0.05) is 12.1 Å². The van der Waals surface area contributed by atoms with Gasteiger partial charge in [0.2, 0.25) is 0 Å². The van der Waals surface area contributed by atoms with E-state index in [1.807, 2.05) is 20.0 Å². The highest BCUT2D eigenvalue weighted by Gasteiger charge is 2.30. The Bertz CT molecular complexity index is 758. The summed E-state index contributed by atoms with van der Waals surface area (Å²) in [4.78, 5) is 4.45. The number of likely N-dealkylation sites (tertiary alicyclic amines) is 1. The van der Waals surface area contributed by atoms with E-state index in [0.717, 1.165) is 49.4 Å². The quantitative estimate of drug-likeness (QED) is 0.824. The number of hydrogen-bond acceptors (Lipinski definition) is 4. The molecule has 4 nitrogen and oxygen atoms in total. The van der Waals surface area contributed by atoms with Gasteiger partial charge >= 0.3 is 6.18 Å². The van der Waals surface area contributed by atoms with E-state index in [1.54, 1.807) is 0 Å². The summed E-state index contributed by atoms with van der Waals surface area (Å²) in [6.45, 7) is 4.01. The Hall–Kier alpha value is -2.15. The minimum atomic E-state index is -4.33. The molecule has 1 aliphatic rings. The van der Waals surface area contributed by atoms with Crippen molar-refractivity contribution in [1.82, 2.24) is 15.1 Å². The first-order chi connectivity index (χ1) is 12.3. The highest BCUT2D eigenvalue weighted by Crippen LogP contribution is 2.31. The largest absolute Gasteiger partial charge is 0.416 e. The minimum Gasteiger partial charge on any atom is -0.354 e. The van der Waals surface area contributed by atoms with Crippen LogP contribution in [0.3, 0.4) is 0 Å². The van der Waals surface area contributed by atoms with Crippen molar-refractivity contribution in [2.24, 2.45) is 0 Å². The molecule has 1 aliphatic heterocycles. The average molecular weight is 364 g/mol. The van der Waals surface area contributed by atoms with Crippen LogP contribution in [0.4, 0.5) is 19.0 Å². The Labute approximate surface area is 151 Å². The van der Waals surface area contributed by atoms with Crippen LogP contribution >= 0.6 is 0 Å². The van der Waals surface area contributed by atoms with E-state index in [2.05, 4.69) is 27.0 Å². The van der Waals surface area contributed by atoms with Crippen molar-refractivity contribution >= 4 is 5.82 Å². The van der Waals surface area contributed by atoms with Gasteiger partial charge < -0.3 is 9.80 Å². The maximum absolute atomic E-state index is 12.7. The van der Waals surface area contributed by atoms with Crippen molar-refractivity contribution in [2.45, 2.75) is 32.0 Å². The van der Waals surface area contributed by atoms with Crippen molar-refractivity contribution in [3.8, 4) is 11.3 Å². The smallest absolute Gasteiger partial charge is 0.354 e. The molecule has 1 saturated heterocycles. The molecule has 26 heavy (non-hydrogen) atoms. The zero-order chi connectivity index (χ0) is 18.9. The number of hydrogen-bond donors (Lipinski definition) is 0. The fourth-order valence-corrected chi connectivity index (χ4v) is 3.39. The lowest BCUT2D eigenvalue weighted by molar-refractivity contribution is -0.137. The second-order valence-electron chi connectivity index (χ2n) is 6.98. The summed E-state index contributed by atoms with van der Waals surface area (Å²) in [7, 11) is 4.13. The Kier molecular flexibility index (Phi) is 5.18. The fraction of sp³-hybridized carbons (Fsp3) is 0.474. The number of likely N-dealkylation sites (N-methyl/N-ethyl adjacent to an activating group) is 2. The van der Waals surface area contributed by atoms with Crippen LogP contribution in [0, 0.1) is 6.92 Å². The molecule has 1 fully saturated rings. The van der Waals surface area contributed by atoms with E-state index in [4.69, 9.17) is 0 Å². The molecule has 1 unspecified atom stereocenters. The lowest BCUT2D eigenvalue weighted by Crippen LogP contribution is -2.45. The zero-order valence-electron chi connectivity index (χ0n) is 15.2. The molecule has 7 heteroatoms. The Morgan fingerprint density at radius 1 is 1.15 bits per heavy atom. The third-order valence-electron chi connectivity index (χ3n) is 4.97. The van der Waals surface area contributed by atoms with Gasteiger partial charge in [-0.3, -0.25) is 0 Å². The molecule has 1 atom stereocenters. The number of halogens is 3. The van der Waals surface area contributed by atoms with Crippen LogP contribution in [-0.2, 0) is 6.18 Å². The molecule has 0 radical (unpaired) electrons. The third kappa shape index (κ3) is 3.98. The highest BCUT2D eigenvalue weighted by molar-refractivity contribution is 5.64. The first-order valence-electron chi connectivity index (χ1n) is 8.69. The molecule has 3 rings (SSSR count). The number of nitrogens with zero attached hydrogens (tertiary/aromatic N) is 4. The van der Waals surface area contributed by atoms with Gasteiger partial charge in [0.1, 0.15) is 0 Å². The predicted molar refractivity (Wildman–Crippen MR) is 96.1 cm³/mol. The molecule has 0 bridgehead atoms. The fourth-order valence-electron chi connectivity index (χ4n) is 3.39. The number of alkyl halides is 3. The van der Waals surface area contributed by atoms with Crippen molar-refractivity contribution in [2.75, 3.05) is 32.1 Å². The Morgan fingerprint density at radius 3 is 2.42 bits per heavy atom. The van der Waals surface area contributed by atoms with E-state index >= 15 is 0 Å². The molecule has 1 aromatic heterocycles. The first-order valence-corrected chi connectivity index (χ1v) is 8.69. The summed E-state index contributed by atoms with van der Waals surface area (Å²) >= 11 is 0. The van der Waals surface area contributed by atoms with Crippen LogP contribution in [-0.4, -0.2) is 48.3 Å². The lowest BCUT2D eigenvalue weighted by Gasteiger charge is -2.36. The third-order valence-corrected chi connectivity index (χ3v) is 4.97. The van der Waals surface area contributed by atoms with Crippen molar-refractivity contribution in [3.63, 3.8) is 0 Å². The van der Waals surface area contributed by atoms with Gasteiger partial charge in [0.25, 0.3) is 0 Å². The maximum atomic E-state index is 12.7. The van der Waals surface area contributed by atoms with Gasteiger partial charge in [-0.2, -0.15) is 13.2 Å².